The zero-order valence-electron chi connectivity index (χ0n) is 9.90. The number of hydrogen-bond donors (Lipinski definition) is 1. The number of anilines is 1. The van der Waals surface area contributed by atoms with E-state index in [1.54, 1.807) is 12.3 Å². The number of hydrogen-bond acceptors (Lipinski definition) is 4. The second-order valence-electron chi connectivity index (χ2n) is 3.97. The number of aromatic nitrogens is 1. The van der Waals surface area contributed by atoms with Crippen molar-refractivity contribution in [2.45, 2.75) is 32.9 Å². The molecule has 4 nitrogen and oxygen atoms in total. The third kappa shape index (κ3) is 4.28. The van der Waals surface area contributed by atoms with Crippen molar-refractivity contribution in [3.05, 3.63) is 24.0 Å². The van der Waals surface area contributed by atoms with E-state index in [0.29, 0.717) is 12.3 Å². The van der Waals surface area contributed by atoms with E-state index >= 15 is 0 Å². The molecule has 0 aliphatic carbocycles. The van der Waals surface area contributed by atoms with Crippen molar-refractivity contribution in [2.75, 3.05) is 11.9 Å². The van der Waals surface area contributed by atoms with Gasteiger partial charge in [-0.3, -0.25) is 0 Å². The first-order chi connectivity index (χ1) is 7.61. The quantitative estimate of drug-likeness (QED) is 0.824. The van der Waals surface area contributed by atoms with E-state index in [4.69, 9.17) is 10.00 Å². The first-order valence-corrected chi connectivity index (χ1v) is 5.36. The molecule has 0 aliphatic heterocycles. The molecule has 0 spiro atoms. The lowest BCUT2D eigenvalue weighted by atomic mass is 10.3. The molecule has 0 amide bonds. The van der Waals surface area contributed by atoms with Gasteiger partial charge < -0.3 is 10.1 Å². The fourth-order valence-corrected chi connectivity index (χ4v) is 1.21. The fraction of sp³-hybridized carbons (Fsp3) is 0.500. The molecule has 1 heterocycles. The van der Waals surface area contributed by atoms with Crippen LogP contribution in [0.4, 0.5) is 5.69 Å². The third-order valence-corrected chi connectivity index (χ3v) is 1.97. The van der Waals surface area contributed by atoms with E-state index in [0.717, 1.165) is 5.69 Å². The first-order valence-electron chi connectivity index (χ1n) is 5.36. The van der Waals surface area contributed by atoms with Gasteiger partial charge in [0.15, 0.2) is 0 Å². The molecule has 1 aromatic rings. The van der Waals surface area contributed by atoms with Crippen LogP contribution in [0.15, 0.2) is 18.3 Å². The molecule has 0 saturated heterocycles. The molecule has 0 fully saturated rings. The maximum atomic E-state index is 8.60. The largest absolute Gasteiger partial charge is 0.379 e. The van der Waals surface area contributed by atoms with Gasteiger partial charge in [-0.15, -0.1) is 0 Å². The summed E-state index contributed by atoms with van der Waals surface area (Å²) < 4.78 is 5.49. The minimum absolute atomic E-state index is 0.220. The molecule has 0 bridgehead atoms. The maximum absolute atomic E-state index is 8.60. The number of ether oxygens (including phenoxy) is 1. The summed E-state index contributed by atoms with van der Waals surface area (Å²) in [5.41, 5.74) is 1.33. The van der Waals surface area contributed by atoms with Gasteiger partial charge in [0.1, 0.15) is 11.8 Å². The molecule has 0 radical (unpaired) electrons. The van der Waals surface area contributed by atoms with Crippen molar-refractivity contribution in [1.29, 1.82) is 5.26 Å². The minimum Gasteiger partial charge on any atom is -0.379 e. The number of nitrogens with one attached hydrogen (secondary N) is 1. The fourth-order valence-electron chi connectivity index (χ4n) is 1.21. The Morgan fingerprint density at radius 3 is 2.69 bits per heavy atom. The molecule has 86 valence electrons. The van der Waals surface area contributed by atoms with E-state index in [1.165, 1.54) is 0 Å². The van der Waals surface area contributed by atoms with Crippen LogP contribution in [0.5, 0.6) is 0 Å². The highest BCUT2D eigenvalue weighted by Gasteiger charge is 2.03. The summed E-state index contributed by atoms with van der Waals surface area (Å²) in [6, 6.07) is 5.74. The summed E-state index contributed by atoms with van der Waals surface area (Å²) in [6.45, 7) is 6.71. The highest BCUT2D eigenvalue weighted by molar-refractivity contribution is 5.43. The van der Waals surface area contributed by atoms with Crippen LogP contribution < -0.4 is 5.32 Å². The van der Waals surface area contributed by atoms with Gasteiger partial charge in [0.05, 0.1) is 24.6 Å². The van der Waals surface area contributed by atoms with Crippen LogP contribution in [0.2, 0.25) is 0 Å². The highest BCUT2D eigenvalue weighted by Crippen LogP contribution is 2.07. The average Bonchev–Trinajstić information content (AvgIpc) is 2.27. The zero-order valence-corrected chi connectivity index (χ0v) is 9.90. The van der Waals surface area contributed by atoms with Gasteiger partial charge in [0.25, 0.3) is 0 Å². The predicted octanol–water partition coefficient (Wildman–Crippen LogP) is 2.18. The summed E-state index contributed by atoms with van der Waals surface area (Å²) in [5.74, 6) is 0. The number of rotatable bonds is 5. The molecule has 0 aromatic carbocycles. The van der Waals surface area contributed by atoms with Crippen molar-refractivity contribution in [1.82, 2.24) is 4.98 Å². The molecule has 1 aromatic heterocycles. The van der Waals surface area contributed by atoms with Gasteiger partial charge >= 0.3 is 0 Å². The smallest absolute Gasteiger partial charge is 0.140 e. The molecule has 1 rings (SSSR count). The Balaban J connectivity index is 2.44. The number of nitrogens with zero attached hydrogens (tertiary/aromatic N) is 2. The molecular formula is C12H17N3O. The molecule has 16 heavy (non-hydrogen) atoms. The molecular weight excluding hydrogens is 202 g/mol. The molecule has 4 heteroatoms. The molecule has 0 aliphatic rings. The zero-order chi connectivity index (χ0) is 12.0. The normalized spacial score (nSPS) is 12.2. The second kappa shape index (κ2) is 6.09. The number of nitriles is 1. The lowest BCUT2D eigenvalue weighted by Crippen LogP contribution is -2.23. The Kier molecular flexibility index (Phi) is 4.74. The molecule has 0 saturated carbocycles. The Hall–Kier alpha value is -1.60. The van der Waals surface area contributed by atoms with Crippen LogP contribution in [0, 0.1) is 11.3 Å². The van der Waals surface area contributed by atoms with Crippen molar-refractivity contribution in [3.63, 3.8) is 0 Å². The van der Waals surface area contributed by atoms with Crippen molar-refractivity contribution in [3.8, 4) is 6.07 Å². The van der Waals surface area contributed by atoms with Crippen molar-refractivity contribution >= 4 is 5.69 Å². The summed E-state index contributed by atoms with van der Waals surface area (Å²) in [6.07, 6.45) is 1.90. The van der Waals surface area contributed by atoms with E-state index < -0.39 is 0 Å². The van der Waals surface area contributed by atoms with Crippen LogP contribution in [0.1, 0.15) is 26.5 Å². The number of pyridine rings is 1. The van der Waals surface area contributed by atoms with E-state index in [1.807, 2.05) is 32.9 Å². The van der Waals surface area contributed by atoms with Crippen LogP contribution in [0.3, 0.4) is 0 Å². The van der Waals surface area contributed by atoms with Crippen molar-refractivity contribution in [2.24, 2.45) is 0 Å². The molecule has 1 N–H and O–H groups in total. The lowest BCUT2D eigenvalue weighted by Gasteiger charge is -2.16. The molecule has 1 unspecified atom stereocenters. The van der Waals surface area contributed by atoms with E-state index in [9.17, 15) is 0 Å². The predicted molar refractivity (Wildman–Crippen MR) is 63.1 cm³/mol. The highest BCUT2D eigenvalue weighted by atomic mass is 16.5. The Morgan fingerprint density at radius 1 is 1.44 bits per heavy atom. The lowest BCUT2D eigenvalue weighted by molar-refractivity contribution is 0.0743. The van der Waals surface area contributed by atoms with Crippen LogP contribution in [-0.4, -0.2) is 23.7 Å². The summed E-state index contributed by atoms with van der Waals surface area (Å²) in [5, 5.41) is 11.9. The molecule has 1 atom stereocenters. The Morgan fingerprint density at radius 2 is 2.19 bits per heavy atom. The first kappa shape index (κ1) is 12.5. The topological polar surface area (TPSA) is 57.9 Å². The summed E-state index contributed by atoms with van der Waals surface area (Å²) >= 11 is 0. The van der Waals surface area contributed by atoms with Crippen LogP contribution in [0.25, 0.3) is 0 Å². The maximum Gasteiger partial charge on any atom is 0.140 e. The van der Waals surface area contributed by atoms with Crippen LogP contribution in [-0.2, 0) is 4.74 Å². The average molecular weight is 219 g/mol. The van der Waals surface area contributed by atoms with E-state index in [2.05, 4.69) is 10.3 Å². The van der Waals surface area contributed by atoms with Crippen LogP contribution >= 0.6 is 0 Å². The van der Waals surface area contributed by atoms with Crippen molar-refractivity contribution < 1.29 is 4.74 Å². The Bertz CT molecular complexity index is 354. The van der Waals surface area contributed by atoms with Gasteiger partial charge in [0.2, 0.25) is 0 Å². The van der Waals surface area contributed by atoms with E-state index in [-0.39, 0.29) is 12.1 Å². The SMILES string of the molecule is CC(COC(C)C)Nc1ccc(C#N)nc1. The van der Waals surface area contributed by atoms with Gasteiger partial charge in [0, 0.05) is 6.04 Å². The van der Waals surface area contributed by atoms with Gasteiger partial charge in [-0.1, -0.05) is 0 Å². The Labute approximate surface area is 96.3 Å². The minimum atomic E-state index is 0.220. The van der Waals surface area contributed by atoms with Gasteiger partial charge in [-0.2, -0.15) is 5.26 Å². The second-order valence-corrected chi connectivity index (χ2v) is 3.97. The summed E-state index contributed by atoms with van der Waals surface area (Å²) in [7, 11) is 0. The summed E-state index contributed by atoms with van der Waals surface area (Å²) in [4.78, 5) is 3.98. The standard InChI is InChI=1S/C12H17N3O/c1-9(2)16-8-10(3)15-12-5-4-11(6-13)14-7-12/h4-5,7,9-10,15H,8H2,1-3H3. The van der Waals surface area contributed by atoms with Gasteiger partial charge in [-0.25, -0.2) is 4.98 Å². The monoisotopic (exact) mass is 219 g/mol. The van der Waals surface area contributed by atoms with Gasteiger partial charge in [-0.05, 0) is 32.9 Å². The third-order valence-electron chi connectivity index (χ3n) is 1.97.